The first-order chi connectivity index (χ1) is 10.1. The summed E-state index contributed by atoms with van der Waals surface area (Å²) >= 11 is 1.27. The minimum atomic E-state index is -0.827. The van der Waals surface area contributed by atoms with E-state index in [1.165, 1.54) is 18.2 Å². The fraction of sp³-hybridized carbons (Fsp3) is 0.615. The number of imidazole rings is 1. The van der Waals surface area contributed by atoms with Crippen LogP contribution in [-0.4, -0.2) is 49.4 Å². The van der Waals surface area contributed by atoms with E-state index in [2.05, 4.69) is 19.8 Å². The van der Waals surface area contributed by atoms with Crippen LogP contribution in [-0.2, 0) is 11.8 Å². The van der Waals surface area contributed by atoms with Crippen molar-refractivity contribution in [1.82, 2.24) is 19.4 Å². The molecule has 0 radical (unpaired) electrons. The maximum atomic E-state index is 10.9. The van der Waals surface area contributed by atoms with E-state index in [-0.39, 0.29) is 5.75 Å². The highest BCUT2D eigenvalue weighted by Gasteiger charge is 2.23. The number of rotatable bonds is 4. The summed E-state index contributed by atoms with van der Waals surface area (Å²) in [6.07, 6.45) is 3.55. The first-order valence-corrected chi connectivity index (χ1v) is 8.08. The normalized spacial score (nSPS) is 15.8. The van der Waals surface area contributed by atoms with Crippen LogP contribution in [0.25, 0.3) is 11.2 Å². The molecule has 0 unspecified atom stereocenters. The Morgan fingerprint density at radius 3 is 2.71 bits per heavy atom. The molecule has 8 heteroatoms. The van der Waals surface area contributed by atoms with Crippen LogP contribution in [0.15, 0.2) is 5.16 Å². The average molecular weight is 309 g/mol. The Hall–Kier alpha value is -1.70. The van der Waals surface area contributed by atoms with Crippen molar-refractivity contribution in [1.29, 1.82) is 0 Å². The minimum absolute atomic E-state index is 0.0175. The smallest absolute Gasteiger partial charge is 0.313 e. The fourth-order valence-corrected chi connectivity index (χ4v) is 3.52. The summed E-state index contributed by atoms with van der Waals surface area (Å²) in [4.78, 5) is 15.5. The topological polar surface area (TPSA) is 76.2 Å². The predicted octanol–water partition coefficient (Wildman–Crippen LogP) is 1.38. The zero-order valence-electron chi connectivity index (χ0n) is 12.2. The van der Waals surface area contributed by atoms with Gasteiger partial charge in [0.1, 0.15) is 5.52 Å². The van der Waals surface area contributed by atoms with Crippen LogP contribution in [0.3, 0.4) is 0 Å². The lowest BCUT2D eigenvalue weighted by Crippen LogP contribution is -2.40. The molecule has 1 aliphatic rings. The highest BCUT2D eigenvalue weighted by atomic mass is 32.2. The maximum Gasteiger partial charge on any atom is 0.313 e. The Morgan fingerprint density at radius 2 is 2.05 bits per heavy atom. The largest absolute Gasteiger partial charge is 0.481 e. The predicted molar refractivity (Wildman–Crippen MR) is 81.4 cm³/mol. The van der Waals surface area contributed by atoms with E-state index in [0.717, 1.165) is 47.9 Å². The second-order valence-corrected chi connectivity index (χ2v) is 6.23. The maximum absolute atomic E-state index is 10.9. The molecule has 0 bridgehead atoms. The molecule has 0 amide bonds. The van der Waals surface area contributed by atoms with Gasteiger partial charge >= 0.3 is 5.97 Å². The third-order valence-electron chi connectivity index (χ3n) is 3.69. The van der Waals surface area contributed by atoms with Crippen LogP contribution in [0.4, 0.5) is 0 Å². The zero-order chi connectivity index (χ0) is 15.0. The summed E-state index contributed by atoms with van der Waals surface area (Å²) in [5.41, 5.74) is 2.68. The van der Waals surface area contributed by atoms with Gasteiger partial charge < -0.3 is 10.1 Å². The van der Waals surface area contributed by atoms with Gasteiger partial charge in [-0.3, -0.25) is 4.79 Å². The van der Waals surface area contributed by atoms with Crippen molar-refractivity contribution in [3.63, 3.8) is 0 Å². The number of aromatic nitrogens is 4. The number of aliphatic carboxylic acids is 1. The Morgan fingerprint density at radius 1 is 1.33 bits per heavy atom. The second kappa shape index (κ2) is 5.59. The number of nitrogens with zero attached hydrogens (tertiary/aromatic N) is 5. The van der Waals surface area contributed by atoms with Crippen molar-refractivity contribution in [2.24, 2.45) is 7.05 Å². The molecule has 21 heavy (non-hydrogen) atoms. The molecular formula is C13H19N5O2S. The van der Waals surface area contributed by atoms with Crippen LogP contribution < -0.4 is 5.01 Å². The molecular weight excluding hydrogens is 290 g/mol. The van der Waals surface area contributed by atoms with Crippen molar-refractivity contribution < 1.29 is 9.90 Å². The number of carboxylic acid groups (broad SMARTS) is 1. The molecule has 1 saturated heterocycles. The van der Waals surface area contributed by atoms with Crippen LogP contribution in [0.1, 0.15) is 25.0 Å². The van der Waals surface area contributed by atoms with E-state index >= 15 is 0 Å². The third kappa shape index (κ3) is 2.59. The van der Waals surface area contributed by atoms with Gasteiger partial charge in [0.15, 0.2) is 10.8 Å². The number of carbonyl (C=O) groups is 1. The molecule has 0 aromatic carbocycles. The van der Waals surface area contributed by atoms with Crippen molar-refractivity contribution in [2.45, 2.75) is 31.3 Å². The molecule has 1 N–H and O–H groups in total. The van der Waals surface area contributed by atoms with Gasteiger partial charge in [-0.2, -0.15) is 5.10 Å². The van der Waals surface area contributed by atoms with Crippen LogP contribution in [0.2, 0.25) is 0 Å². The van der Waals surface area contributed by atoms with Crippen molar-refractivity contribution in [2.75, 3.05) is 23.9 Å². The van der Waals surface area contributed by atoms with Gasteiger partial charge in [-0.1, -0.05) is 11.8 Å². The molecule has 0 spiro atoms. The van der Waals surface area contributed by atoms with Gasteiger partial charge in [0, 0.05) is 20.1 Å². The van der Waals surface area contributed by atoms with E-state index in [4.69, 9.17) is 5.11 Å². The summed E-state index contributed by atoms with van der Waals surface area (Å²) in [6.45, 7) is 3.87. The van der Waals surface area contributed by atoms with Crippen LogP contribution in [0.5, 0.6) is 0 Å². The standard InChI is InChI=1S/C13H19N5O2S/c1-9-11-12(16(2)15-9)18(17-6-4-3-5-7-17)13(14-11)21-8-10(19)20/h3-8H2,1-2H3,(H,19,20). The van der Waals surface area contributed by atoms with Crippen LogP contribution >= 0.6 is 11.8 Å². The Kier molecular flexibility index (Phi) is 3.79. The highest BCUT2D eigenvalue weighted by molar-refractivity contribution is 7.99. The summed E-state index contributed by atoms with van der Waals surface area (Å²) in [6, 6.07) is 0. The monoisotopic (exact) mass is 309 g/mol. The van der Waals surface area contributed by atoms with Gasteiger partial charge in [0.05, 0.1) is 11.4 Å². The van der Waals surface area contributed by atoms with Gasteiger partial charge in [0.25, 0.3) is 0 Å². The van der Waals surface area contributed by atoms with Gasteiger partial charge in [-0.15, -0.1) is 0 Å². The highest BCUT2D eigenvalue weighted by Crippen LogP contribution is 2.27. The van der Waals surface area contributed by atoms with E-state index in [1.54, 1.807) is 0 Å². The quantitative estimate of drug-likeness (QED) is 0.860. The Balaban J connectivity index is 2.07. The number of thioether (sulfide) groups is 1. The van der Waals surface area contributed by atoms with E-state index in [1.807, 2.05) is 18.7 Å². The summed E-state index contributed by atoms with van der Waals surface area (Å²) in [7, 11) is 1.91. The number of hydrogen-bond donors (Lipinski definition) is 1. The van der Waals surface area contributed by atoms with E-state index in [0.29, 0.717) is 0 Å². The minimum Gasteiger partial charge on any atom is -0.481 e. The number of carboxylic acids is 1. The number of hydrogen-bond acceptors (Lipinski definition) is 5. The number of aryl methyl sites for hydroxylation is 2. The lowest BCUT2D eigenvalue weighted by atomic mass is 10.2. The lowest BCUT2D eigenvalue weighted by Gasteiger charge is -2.30. The average Bonchev–Trinajstić information content (AvgIpc) is 2.96. The third-order valence-corrected chi connectivity index (χ3v) is 4.60. The SMILES string of the molecule is Cc1nn(C)c2c1nc(SCC(=O)O)n2N1CCCCC1. The van der Waals surface area contributed by atoms with E-state index in [9.17, 15) is 4.79 Å². The second-order valence-electron chi connectivity index (χ2n) is 5.28. The number of fused-ring (bicyclic) bond motifs is 1. The number of piperidine rings is 1. The summed E-state index contributed by atoms with van der Waals surface area (Å²) < 4.78 is 3.89. The lowest BCUT2D eigenvalue weighted by molar-refractivity contribution is -0.133. The molecule has 2 aromatic rings. The summed E-state index contributed by atoms with van der Waals surface area (Å²) in [5.74, 6) is -0.809. The molecule has 114 valence electrons. The summed E-state index contributed by atoms with van der Waals surface area (Å²) in [5, 5.41) is 16.3. The van der Waals surface area contributed by atoms with Crippen molar-refractivity contribution in [3.05, 3.63) is 5.69 Å². The molecule has 3 heterocycles. The molecule has 0 saturated carbocycles. The molecule has 1 fully saturated rings. The van der Waals surface area contributed by atoms with Crippen molar-refractivity contribution in [3.8, 4) is 0 Å². The van der Waals surface area contributed by atoms with Gasteiger partial charge in [-0.05, 0) is 26.2 Å². The molecule has 3 rings (SSSR count). The first kappa shape index (κ1) is 14.2. The van der Waals surface area contributed by atoms with Gasteiger partial charge in [0.2, 0.25) is 0 Å². The molecule has 7 nitrogen and oxygen atoms in total. The van der Waals surface area contributed by atoms with E-state index < -0.39 is 5.97 Å². The molecule has 2 aromatic heterocycles. The van der Waals surface area contributed by atoms with Crippen molar-refractivity contribution >= 4 is 28.9 Å². The fourth-order valence-electron chi connectivity index (χ4n) is 2.79. The zero-order valence-corrected chi connectivity index (χ0v) is 13.1. The van der Waals surface area contributed by atoms with Gasteiger partial charge in [-0.25, -0.2) is 14.3 Å². The van der Waals surface area contributed by atoms with Crippen LogP contribution in [0, 0.1) is 6.92 Å². The molecule has 0 aliphatic carbocycles. The first-order valence-electron chi connectivity index (χ1n) is 7.10. The molecule has 0 atom stereocenters. The Bertz CT molecular complexity index is 672. The Labute approximate surface area is 126 Å². The molecule has 1 aliphatic heterocycles.